The molecule has 6 heteroatoms. The molecule has 0 radical (unpaired) electrons. The minimum absolute atomic E-state index is 0.143. The van der Waals surface area contributed by atoms with Crippen molar-refractivity contribution < 1.29 is 4.79 Å². The van der Waals surface area contributed by atoms with Gasteiger partial charge in [-0.05, 0) is 56.7 Å². The maximum Gasteiger partial charge on any atom is 0.255 e. The molecular formula is C26H29ClN4O. The summed E-state index contributed by atoms with van der Waals surface area (Å²) in [6, 6.07) is 17.8. The van der Waals surface area contributed by atoms with Gasteiger partial charge < -0.3 is 10.2 Å². The molecule has 0 aliphatic carbocycles. The van der Waals surface area contributed by atoms with E-state index in [4.69, 9.17) is 21.6 Å². The number of aryl methyl sites for hydroxylation is 2. The molecule has 1 aliphatic heterocycles. The van der Waals surface area contributed by atoms with Gasteiger partial charge in [0.25, 0.3) is 5.91 Å². The Hall–Kier alpha value is -2.92. The lowest BCUT2D eigenvalue weighted by Crippen LogP contribution is -2.32. The summed E-state index contributed by atoms with van der Waals surface area (Å²) in [5.41, 5.74) is 3.95. The fourth-order valence-electron chi connectivity index (χ4n) is 4.14. The van der Waals surface area contributed by atoms with Crippen molar-refractivity contribution in [1.29, 1.82) is 0 Å². The van der Waals surface area contributed by atoms with Gasteiger partial charge in [-0.1, -0.05) is 54.1 Å². The smallest absolute Gasteiger partial charge is 0.255 e. The van der Waals surface area contributed by atoms with Crippen molar-refractivity contribution in [3.8, 4) is 11.3 Å². The molecule has 32 heavy (non-hydrogen) atoms. The van der Waals surface area contributed by atoms with Crippen LogP contribution >= 0.6 is 11.6 Å². The third kappa shape index (κ3) is 5.46. The van der Waals surface area contributed by atoms with E-state index in [1.165, 1.54) is 12.0 Å². The van der Waals surface area contributed by atoms with E-state index in [0.29, 0.717) is 34.5 Å². The Labute approximate surface area is 194 Å². The van der Waals surface area contributed by atoms with Crippen molar-refractivity contribution in [2.45, 2.75) is 39.0 Å². The predicted octanol–water partition coefficient (Wildman–Crippen LogP) is 5.46. The van der Waals surface area contributed by atoms with Gasteiger partial charge in [0.2, 0.25) is 5.95 Å². The van der Waals surface area contributed by atoms with Gasteiger partial charge in [0.15, 0.2) is 0 Å². The summed E-state index contributed by atoms with van der Waals surface area (Å²) in [5, 5.41) is 3.69. The van der Waals surface area contributed by atoms with E-state index in [-0.39, 0.29) is 5.91 Å². The van der Waals surface area contributed by atoms with Gasteiger partial charge in [0, 0.05) is 30.2 Å². The minimum Gasteiger partial charge on any atom is -0.352 e. The van der Waals surface area contributed by atoms with Crippen LogP contribution in [-0.4, -0.2) is 35.5 Å². The van der Waals surface area contributed by atoms with E-state index in [2.05, 4.69) is 22.3 Å². The molecule has 5 nitrogen and oxygen atoms in total. The van der Waals surface area contributed by atoms with Crippen LogP contribution in [0.2, 0.25) is 5.02 Å². The Morgan fingerprint density at radius 3 is 2.56 bits per heavy atom. The highest BCUT2D eigenvalue weighted by Gasteiger charge is 2.23. The quantitative estimate of drug-likeness (QED) is 0.487. The molecule has 3 aromatic rings. The molecule has 0 spiro atoms. The Balaban J connectivity index is 1.57. The Morgan fingerprint density at radius 1 is 1.03 bits per heavy atom. The van der Waals surface area contributed by atoms with Gasteiger partial charge in [-0.3, -0.25) is 4.79 Å². The highest BCUT2D eigenvalue weighted by molar-refractivity contribution is 6.30. The second kappa shape index (κ2) is 10.6. The molecule has 1 amide bonds. The first-order valence-corrected chi connectivity index (χ1v) is 11.7. The Bertz CT molecular complexity index is 1060. The number of anilines is 1. The minimum atomic E-state index is -0.143. The molecule has 1 fully saturated rings. The zero-order chi connectivity index (χ0) is 22.3. The average molecular weight is 449 g/mol. The number of halogens is 1. The van der Waals surface area contributed by atoms with E-state index < -0.39 is 0 Å². The first-order valence-electron chi connectivity index (χ1n) is 11.3. The molecule has 166 valence electrons. The lowest BCUT2D eigenvalue weighted by atomic mass is 10.0. The predicted molar refractivity (Wildman–Crippen MR) is 130 cm³/mol. The monoisotopic (exact) mass is 448 g/mol. The molecule has 1 saturated heterocycles. The van der Waals surface area contributed by atoms with Crippen LogP contribution in [0.25, 0.3) is 11.3 Å². The number of carbonyl (C=O) groups is 1. The summed E-state index contributed by atoms with van der Waals surface area (Å²) in [5.74, 6) is 0.550. The van der Waals surface area contributed by atoms with Crippen LogP contribution in [0.5, 0.6) is 0 Å². The number of hydrogen-bond acceptors (Lipinski definition) is 4. The molecule has 4 rings (SSSR count). The van der Waals surface area contributed by atoms with Crippen LogP contribution in [0.4, 0.5) is 5.95 Å². The number of hydrogen-bond donors (Lipinski definition) is 1. The number of carbonyl (C=O) groups excluding carboxylic acids is 1. The van der Waals surface area contributed by atoms with Crippen molar-refractivity contribution in [3.63, 3.8) is 0 Å². The van der Waals surface area contributed by atoms with Gasteiger partial charge in [-0.2, -0.15) is 0 Å². The maximum absolute atomic E-state index is 13.2. The summed E-state index contributed by atoms with van der Waals surface area (Å²) in [7, 11) is 0. The van der Waals surface area contributed by atoms with Crippen LogP contribution in [0.1, 0.15) is 47.3 Å². The maximum atomic E-state index is 13.2. The van der Waals surface area contributed by atoms with E-state index in [0.717, 1.165) is 44.3 Å². The first kappa shape index (κ1) is 22.3. The van der Waals surface area contributed by atoms with Gasteiger partial charge in [-0.25, -0.2) is 9.97 Å². The number of amides is 1. The van der Waals surface area contributed by atoms with Crippen LogP contribution in [0.15, 0.2) is 54.6 Å². The molecule has 1 N–H and O–H groups in total. The Kier molecular flexibility index (Phi) is 7.38. The summed E-state index contributed by atoms with van der Waals surface area (Å²) in [6.45, 7) is 4.37. The van der Waals surface area contributed by atoms with Gasteiger partial charge >= 0.3 is 0 Å². The molecule has 0 saturated carbocycles. The lowest BCUT2D eigenvalue weighted by molar-refractivity contribution is 0.0952. The fraction of sp³-hybridized carbons (Fsp3) is 0.346. The number of rotatable bonds is 7. The highest BCUT2D eigenvalue weighted by Crippen LogP contribution is 2.29. The SMILES string of the molecule is Cc1nc(N2CCCCC2)nc(-c2cccc(Cl)c2)c1C(=O)NCCCc1ccccc1. The van der Waals surface area contributed by atoms with Crippen molar-refractivity contribution in [2.75, 3.05) is 24.5 Å². The second-order valence-corrected chi connectivity index (χ2v) is 8.67. The molecule has 2 heterocycles. The Morgan fingerprint density at radius 2 is 1.81 bits per heavy atom. The van der Waals surface area contributed by atoms with E-state index in [1.54, 1.807) is 0 Å². The topological polar surface area (TPSA) is 58.1 Å². The summed E-state index contributed by atoms with van der Waals surface area (Å²) < 4.78 is 0. The van der Waals surface area contributed by atoms with Crippen molar-refractivity contribution in [1.82, 2.24) is 15.3 Å². The molecule has 0 unspecified atom stereocenters. The van der Waals surface area contributed by atoms with Gasteiger partial charge in [0.05, 0.1) is 17.0 Å². The van der Waals surface area contributed by atoms with Crippen LogP contribution in [0, 0.1) is 6.92 Å². The summed E-state index contributed by atoms with van der Waals surface area (Å²) >= 11 is 6.26. The standard InChI is InChI=1S/C26H29ClN4O/c1-19-23(25(32)28-15-9-12-20-10-4-2-5-11-20)24(21-13-8-14-22(27)18-21)30-26(29-19)31-16-6-3-7-17-31/h2,4-5,8,10-11,13-14,18H,3,6-7,9,12,15-17H2,1H3,(H,28,32). The lowest BCUT2D eigenvalue weighted by Gasteiger charge is -2.27. The molecule has 1 aliphatic rings. The third-order valence-electron chi connectivity index (χ3n) is 5.81. The number of piperidine rings is 1. The van der Waals surface area contributed by atoms with Crippen molar-refractivity contribution in [3.05, 3.63) is 76.4 Å². The number of benzene rings is 2. The van der Waals surface area contributed by atoms with Crippen LogP contribution < -0.4 is 10.2 Å². The van der Waals surface area contributed by atoms with Crippen LogP contribution in [0.3, 0.4) is 0 Å². The third-order valence-corrected chi connectivity index (χ3v) is 6.05. The summed E-state index contributed by atoms with van der Waals surface area (Å²) in [6.07, 6.45) is 5.30. The number of aromatic nitrogens is 2. The first-order chi connectivity index (χ1) is 15.6. The van der Waals surface area contributed by atoms with Gasteiger partial charge in [-0.15, -0.1) is 0 Å². The normalized spacial score (nSPS) is 13.8. The number of nitrogens with zero attached hydrogens (tertiary/aromatic N) is 3. The van der Waals surface area contributed by atoms with Crippen molar-refractivity contribution in [2.24, 2.45) is 0 Å². The second-order valence-electron chi connectivity index (χ2n) is 8.24. The molecule has 1 aromatic heterocycles. The number of nitrogens with one attached hydrogen (secondary N) is 1. The highest BCUT2D eigenvalue weighted by atomic mass is 35.5. The van der Waals surface area contributed by atoms with E-state index in [1.807, 2.05) is 49.4 Å². The summed E-state index contributed by atoms with van der Waals surface area (Å²) in [4.78, 5) is 25.0. The largest absolute Gasteiger partial charge is 0.352 e. The molecular weight excluding hydrogens is 420 g/mol. The molecule has 2 aromatic carbocycles. The molecule has 0 atom stereocenters. The van der Waals surface area contributed by atoms with Crippen molar-refractivity contribution >= 4 is 23.5 Å². The van der Waals surface area contributed by atoms with Gasteiger partial charge in [0.1, 0.15) is 0 Å². The zero-order valence-corrected chi connectivity index (χ0v) is 19.2. The van der Waals surface area contributed by atoms with E-state index in [9.17, 15) is 4.79 Å². The zero-order valence-electron chi connectivity index (χ0n) is 18.5. The average Bonchev–Trinajstić information content (AvgIpc) is 2.82. The van der Waals surface area contributed by atoms with E-state index >= 15 is 0 Å². The fourth-order valence-corrected chi connectivity index (χ4v) is 4.33. The van der Waals surface area contributed by atoms with Crippen LogP contribution in [-0.2, 0) is 6.42 Å². The molecule has 0 bridgehead atoms.